The third kappa shape index (κ3) is 2.87. The van der Waals surface area contributed by atoms with Gasteiger partial charge in [0.1, 0.15) is 0 Å². The number of diazo groups is 1. The largest absolute Gasteiger partial charge is 0.521 e. The van der Waals surface area contributed by atoms with Crippen molar-refractivity contribution in [3.05, 3.63) is 15.9 Å². The Bertz CT molecular complexity index is 226. The average Bonchev–Trinajstić information content (AvgIpc) is 1.88. The van der Waals surface area contributed by atoms with Crippen LogP contribution in [-0.4, -0.2) is 17.7 Å². The van der Waals surface area contributed by atoms with Gasteiger partial charge >= 0.3 is 11.7 Å². The van der Waals surface area contributed by atoms with Crippen LogP contribution in [0.3, 0.4) is 0 Å². The summed E-state index contributed by atoms with van der Waals surface area (Å²) < 4.78 is 4.36. The van der Waals surface area contributed by atoms with E-state index >= 15 is 0 Å². The van der Waals surface area contributed by atoms with Crippen molar-refractivity contribution in [1.82, 2.24) is 0 Å². The molecule has 0 saturated heterocycles. The van der Waals surface area contributed by atoms with Gasteiger partial charge in [-0.25, -0.2) is 4.79 Å². The van der Waals surface area contributed by atoms with E-state index in [-0.39, 0.29) is 6.61 Å². The minimum Gasteiger partial charge on any atom is -0.493 e. The highest BCUT2D eigenvalue weighted by Gasteiger charge is 2.29. The van der Waals surface area contributed by atoms with Gasteiger partial charge in [-0.15, -0.1) is 0 Å². The molecule has 0 spiro atoms. The molecular weight excluding hydrogens is 172 g/mol. The van der Waals surface area contributed by atoms with E-state index in [0.717, 1.165) is 0 Å². The summed E-state index contributed by atoms with van der Waals surface area (Å²) in [7, 11) is 0. The van der Waals surface area contributed by atoms with E-state index in [1.54, 1.807) is 6.92 Å². The Morgan fingerprint density at radius 2 is 2.36 bits per heavy atom. The maximum atomic E-state index is 10.6. The molecule has 0 atom stereocenters. The Morgan fingerprint density at radius 3 is 2.64 bits per heavy atom. The van der Waals surface area contributed by atoms with Gasteiger partial charge in [0, 0.05) is 0 Å². The second-order valence-electron chi connectivity index (χ2n) is 1.46. The summed E-state index contributed by atoms with van der Waals surface area (Å²) >= 11 is 4.96. The van der Waals surface area contributed by atoms with Gasteiger partial charge in [0.15, 0.2) is 4.98 Å². The first-order valence-electron chi connectivity index (χ1n) is 2.74. The van der Waals surface area contributed by atoms with Crippen LogP contribution in [0.2, 0.25) is 0 Å². The van der Waals surface area contributed by atoms with Crippen LogP contribution in [0.1, 0.15) is 6.92 Å². The molecule has 0 aromatic carbocycles. The van der Waals surface area contributed by atoms with Crippen LogP contribution in [0.15, 0.2) is 10.9 Å². The van der Waals surface area contributed by atoms with Gasteiger partial charge in [0.05, 0.1) is 6.61 Å². The minimum absolute atomic E-state index is 0.113. The Labute approximate surface area is 67.8 Å². The number of ether oxygens (including phenoxy) is 1. The summed E-state index contributed by atoms with van der Waals surface area (Å²) in [6, 6.07) is 0. The fourth-order valence-corrected chi connectivity index (χ4v) is 0.481. The summed E-state index contributed by atoms with van der Waals surface area (Å²) in [6.45, 7) is 1.68. The summed E-state index contributed by atoms with van der Waals surface area (Å²) in [4.78, 5) is 13.1. The molecule has 6 heteroatoms. The van der Waals surface area contributed by atoms with Crippen molar-refractivity contribution in [2.45, 2.75) is 6.92 Å². The Morgan fingerprint density at radius 1 is 1.82 bits per heavy atom. The Kier molecular flexibility index (Phi) is 4.00. The molecule has 0 heterocycles. The lowest BCUT2D eigenvalue weighted by Crippen LogP contribution is -2.06. The number of hydrogen-bond acceptors (Lipinski definition) is 4. The number of aliphatic hydroxyl groups excluding tert-OH is 1. The molecule has 0 aromatic rings. The quantitative estimate of drug-likeness (QED) is 0.299. The maximum absolute atomic E-state index is 10.6. The molecule has 0 aliphatic carbocycles. The van der Waals surface area contributed by atoms with Gasteiger partial charge in [-0.05, 0) is 18.5 Å². The predicted octanol–water partition coefficient (Wildman–Crippen LogP) is 1.37. The first-order valence-corrected chi connectivity index (χ1v) is 3.12. The van der Waals surface area contributed by atoms with Gasteiger partial charge < -0.3 is 9.84 Å². The molecule has 0 fully saturated rings. The van der Waals surface area contributed by atoms with E-state index in [1.807, 2.05) is 0 Å². The van der Waals surface area contributed by atoms with Crippen molar-refractivity contribution in [1.29, 1.82) is 5.39 Å². The van der Waals surface area contributed by atoms with Crippen LogP contribution in [0, 0.1) is 5.39 Å². The fraction of sp³-hybridized carbons (Fsp3) is 0.400. The number of halogens is 1. The Hall–Kier alpha value is -1.28. The first kappa shape index (κ1) is 9.72. The number of carbonyl (C=O) groups excluding carboxylic acids is 1. The lowest BCUT2D eigenvalue weighted by Gasteiger charge is -1.90. The number of rotatable bonds is 2. The minimum atomic E-state index is -0.970. The molecule has 0 unspecified atom stereocenters. The fourth-order valence-electron chi connectivity index (χ4n) is 0.366. The molecule has 0 aliphatic rings. The molecular formula is C5H6ClN2O3+. The van der Waals surface area contributed by atoms with Crippen molar-refractivity contribution in [3.63, 3.8) is 0 Å². The molecule has 0 aliphatic heterocycles. The first-order chi connectivity index (χ1) is 5.13. The summed E-state index contributed by atoms with van der Waals surface area (Å²) in [6.07, 6.45) is 0. The smallest absolute Gasteiger partial charge is 0.493 e. The third-order valence-electron chi connectivity index (χ3n) is 0.764. The molecule has 0 amide bonds. The van der Waals surface area contributed by atoms with Crippen LogP contribution in [0.4, 0.5) is 0 Å². The van der Waals surface area contributed by atoms with Crippen molar-refractivity contribution >= 4 is 17.6 Å². The highest BCUT2D eigenvalue weighted by Crippen LogP contribution is 2.08. The zero-order valence-electron chi connectivity index (χ0n) is 5.74. The van der Waals surface area contributed by atoms with Crippen molar-refractivity contribution in [3.8, 4) is 0 Å². The molecule has 1 N–H and O–H groups in total. The zero-order valence-corrected chi connectivity index (χ0v) is 6.50. The monoisotopic (exact) mass is 177 g/mol. The van der Waals surface area contributed by atoms with Crippen LogP contribution >= 0.6 is 11.6 Å². The molecule has 5 nitrogen and oxygen atoms in total. The van der Waals surface area contributed by atoms with Crippen molar-refractivity contribution < 1.29 is 14.6 Å². The van der Waals surface area contributed by atoms with Crippen LogP contribution in [0.5, 0.6) is 0 Å². The van der Waals surface area contributed by atoms with E-state index < -0.39 is 16.9 Å². The molecule has 0 saturated carbocycles. The van der Waals surface area contributed by atoms with E-state index in [2.05, 4.69) is 9.71 Å². The number of esters is 1. The second kappa shape index (κ2) is 4.52. The average molecular weight is 178 g/mol. The number of aliphatic hydroxyl groups is 1. The van der Waals surface area contributed by atoms with E-state index in [1.165, 1.54) is 0 Å². The normalized spacial score (nSPS) is 11.4. The van der Waals surface area contributed by atoms with E-state index in [0.29, 0.717) is 0 Å². The van der Waals surface area contributed by atoms with Crippen LogP contribution in [-0.2, 0) is 9.53 Å². The number of nitrogens with zero attached hydrogens (tertiary/aromatic N) is 2. The molecule has 60 valence electrons. The van der Waals surface area contributed by atoms with Gasteiger partial charge in [-0.1, -0.05) is 0 Å². The highest BCUT2D eigenvalue weighted by atomic mass is 35.5. The highest BCUT2D eigenvalue weighted by molar-refractivity contribution is 6.30. The third-order valence-corrected chi connectivity index (χ3v) is 0.943. The second-order valence-corrected chi connectivity index (χ2v) is 1.82. The Balaban J connectivity index is 4.45. The number of hydrogen-bond donors (Lipinski definition) is 1. The molecule has 0 rings (SSSR count). The van der Waals surface area contributed by atoms with Crippen molar-refractivity contribution in [2.75, 3.05) is 6.61 Å². The van der Waals surface area contributed by atoms with Crippen LogP contribution in [0.25, 0.3) is 4.98 Å². The summed E-state index contributed by atoms with van der Waals surface area (Å²) in [5.41, 5.74) is -0.700. The maximum Gasteiger partial charge on any atom is 0.521 e. The molecule has 0 radical (unpaired) electrons. The standard InChI is InChI=1S/C5H5ClN2O3/c1-2-11-5(10)3(8-7)4(6)9/h2H2,1H3/p+1. The number of carbonyl (C=O) groups is 1. The van der Waals surface area contributed by atoms with E-state index in [4.69, 9.17) is 22.1 Å². The van der Waals surface area contributed by atoms with Gasteiger partial charge in [-0.3, -0.25) is 0 Å². The lowest BCUT2D eigenvalue weighted by molar-refractivity contribution is -0.138. The van der Waals surface area contributed by atoms with Crippen molar-refractivity contribution in [2.24, 2.45) is 0 Å². The molecule has 0 bridgehead atoms. The van der Waals surface area contributed by atoms with Crippen LogP contribution < -0.4 is 0 Å². The molecule has 0 aromatic heterocycles. The predicted molar refractivity (Wildman–Crippen MR) is 37.2 cm³/mol. The molecule has 11 heavy (non-hydrogen) atoms. The summed E-state index contributed by atoms with van der Waals surface area (Å²) in [5.74, 6) is -0.970. The SMILES string of the molecule is CCOC(=O)/C([N+]#N)=C(\O)Cl. The van der Waals surface area contributed by atoms with Gasteiger partial charge in [0.2, 0.25) is 5.39 Å². The van der Waals surface area contributed by atoms with Gasteiger partial charge in [0.25, 0.3) is 5.22 Å². The summed E-state index contributed by atoms with van der Waals surface area (Å²) in [5, 5.41) is 15.7. The van der Waals surface area contributed by atoms with Gasteiger partial charge in [-0.2, -0.15) is 0 Å². The zero-order chi connectivity index (χ0) is 8.85. The topological polar surface area (TPSA) is 74.7 Å². The lowest BCUT2D eigenvalue weighted by atomic mass is 10.5. The van der Waals surface area contributed by atoms with E-state index in [9.17, 15) is 4.79 Å².